The first-order chi connectivity index (χ1) is 9.17. The molecule has 0 aliphatic rings. The van der Waals surface area contributed by atoms with Crippen molar-refractivity contribution in [3.8, 4) is 5.75 Å². The molecule has 1 unspecified atom stereocenters. The van der Waals surface area contributed by atoms with Gasteiger partial charge in [0.1, 0.15) is 5.75 Å². The molecule has 0 aliphatic heterocycles. The van der Waals surface area contributed by atoms with Gasteiger partial charge in [-0.15, -0.1) is 0 Å². The summed E-state index contributed by atoms with van der Waals surface area (Å²) in [5, 5.41) is 3.47. The normalized spacial score (nSPS) is 12.4. The smallest absolute Gasteiger partial charge is 0.122 e. The van der Waals surface area contributed by atoms with E-state index in [1.165, 1.54) is 11.1 Å². The molecule has 0 fully saturated rings. The molecular formula is C16H28N2O. The molecule has 0 aromatic heterocycles. The van der Waals surface area contributed by atoms with Gasteiger partial charge in [0, 0.05) is 6.04 Å². The first-order valence-corrected chi connectivity index (χ1v) is 7.29. The highest BCUT2D eigenvalue weighted by atomic mass is 16.5. The van der Waals surface area contributed by atoms with E-state index in [9.17, 15) is 0 Å². The first kappa shape index (κ1) is 16.0. The average molecular weight is 264 g/mol. The molecule has 0 radical (unpaired) electrons. The summed E-state index contributed by atoms with van der Waals surface area (Å²) in [4.78, 5) is 0. The van der Waals surface area contributed by atoms with Gasteiger partial charge in [0.05, 0.1) is 7.11 Å². The van der Waals surface area contributed by atoms with Gasteiger partial charge in [-0.3, -0.25) is 0 Å². The topological polar surface area (TPSA) is 47.3 Å². The molecule has 0 heterocycles. The Labute approximate surface area is 117 Å². The number of ether oxygens (including phenoxy) is 1. The van der Waals surface area contributed by atoms with Crippen molar-refractivity contribution in [1.82, 2.24) is 5.32 Å². The van der Waals surface area contributed by atoms with E-state index in [0.29, 0.717) is 6.04 Å². The Bertz CT molecular complexity index is 364. The van der Waals surface area contributed by atoms with Crippen LogP contribution in [0.2, 0.25) is 0 Å². The Morgan fingerprint density at radius 3 is 2.74 bits per heavy atom. The third kappa shape index (κ3) is 6.08. The van der Waals surface area contributed by atoms with Gasteiger partial charge < -0.3 is 15.8 Å². The summed E-state index contributed by atoms with van der Waals surface area (Å²) >= 11 is 0. The second kappa shape index (κ2) is 8.94. The maximum Gasteiger partial charge on any atom is 0.122 e. The lowest BCUT2D eigenvalue weighted by molar-refractivity contribution is 0.410. The zero-order chi connectivity index (χ0) is 14.1. The molecule has 3 heteroatoms. The van der Waals surface area contributed by atoms with Crippen molar-refractivity contribution >= 4 is 0 Å². The highest BCUT2D eigenvalue weighted by molar-refractivity contribution is 5.37. The monoisotopic (exact) mass is 264 g/mol. The quantitative estimate of drug-likeness (QED) is 0.674. The van der Waals surface area contributed by atoms with Gasteiger partial charge >= 0.3 is 0 Å². The summed E-state index contributed by atoms with van der Waals surface area (Å²) in [6, 6.07) is 6.80. The van der Waals surface area contributed by atoms with Crippen LogP contribution in [-0.4, -0.2) is 26.2 Å². The Kier molecular flexibility index (Phi) is 7.53. The molecule has 1 atom stereocenters. The fourth-order valence-electron chi connectivity index (χ4n) is 2.17. The van der Waals surface area contributed by atoms with Gasteiger partial charge in [0.2, 0.25) is 0 Å². The lowest BCUT2D eigenvalue weighted by atomic mass is 10.1. The molecule has 3 nitrogen and oxygen atoms in total. The maximum atomic E-state index is 5.72. The standard InChI is InChI=1S/C16H28N2O/c1-4-15-12-14(7-8-16(15)19-3)9-11-18-10-5-6-13(2)17/h7-8,12-13,18H,4-6,9-11,17H2,1-3H3. The third-order valence-electron chi connectivity index (χ3n) is 3.33. The van der Waals surface area contributed by atoms with E-state index in [1.807, 2.05) is 0 Å². The number of hydrogen-bond donors (Lipinski definition) is 2. The van der Waals surface area contributed by atoms with Crippen molar-refractivity contribution in [2.45, 2.75) is 45.6 Å². The van der Waals surface area contributed by atoms with Crippen LogP contribution in [0.25, 0.3) is 0 Å². The molecule has 0 saturated heterocycles. The number of hydrogen-bond acceptors (Lipinski definition) is 3. The molecule has 0 saturated carbocycles. The lowest BCUT2D eigenvalue weighted by Crippen LogP contribution is -2.21. The summed E-state index contributed by atoms with van der Waals surface area (Å²) in [6.45, 7) is 6.30. The summed E-state index contributed by atoms with van der Waals surface area (Å²) in [7, 11) is 1.73. The van der Waals surface area contributed by atoms with Crippen LogP contribution in [0.4, 0.5) is 0 Å². The number of nitrogens with one attached hydrogen (secondary N) is 1. The largest absolute Gasteiger partial charge is 0.496 e. The minimum Gasteiger partial charge on any atom is -0.496 e. The molecule has 0 bridgehead atoms. The molecule has 0 amide bonds. The predicted molar refractivity (Wildman–Crippen MR) is 81.8 cm³/mol. The summed E-state index contributed by atoms with van der Waals surface area (Å²) in [6.07, 6.45) is 4.32. The average Bonchev–Trinajstić information content (AvgIpc) is 2.42. The third-order valence-corrected chi connectivity index (χ3v) is 3.33. The Balaban J connectivity index is 2.29. The summed E-state index contributed by atoms with van der Waals surface area (Å²) in [5.74, 6) is 0.996. The lowest BCUT2D eigenvalue weighted by Gasteiger charge is -2.10. The van der Waals surface area contributed by atoms with Crippen LogP contribution in [0.1, 0.15) is 37.8 Å². The minimum atomic E-state index is 0.315. The van der Waals surface area contributed by atoms with Crippen LogP contribution in [-0.2, 0) is 12.8 Å². The molecule has 0 aliphatic carbocycles. The minimum absolute atomic E-state index is 0.315. The predicted octanol–water partition coefficient (Wildman–Crippen LogP) is 2.52. The van der Waals surface area contributed by atoms with Gasteiger partial charge in [-0.05, 0) is 62.9 Å². The van der Waals surface area contributed by atoms with Gasteiger partial charge in [-0.2, -0.15) is 0 Å². The molecule has 1 aromatic carbocycles. The molecular weight excluding hydrogens is 236 g/mol. The van der Waals surface area contributed by atoms with Crippen molar-refractivity contribution in [3.05, 3.63) is 29.3 Å². The van der Waals surface area contributed by atoms with Crippen LogP contribution < -0.4 is 15.8 Å². The van der Waals surface area contributed by atoms with Crippen LogP contribution in [0.15, 0.2) is 18.2 Å². The van der Waals surface area contributed by atoms with Crippen molar-refractivity contribution in [1.29, 1.82) is 0 Å². The van der Waals surface area contributed by atoms with Crippen molar-refractivity contribution in [2.75, 3.05) is 20.2 Å². The number of aryl methyl sites for hydroxylation is 1. The van der Waals surface area contributed by atoms with E-state index in [1.54, 1.807) is 7.11 Å². The molecule has 1 rings (SSSR count). The van der Waals surface area contributed by atoms with Gasteiger partial charge in [0.25, 0.3) is 0 Å². The fourth-order valence-corrected chi connectivity index (χ4v) is 2.17. The molecule has 1 aromatic rings. The van der Waals surface area contributed by atoms with E-state index in [2.05, 4.69) is 37.4 Å². The number of nitrogens with two attached hydrogens (primary N) is 1. The van der Waals surface area contributed by atoms with Gasteiger partial charge in [-0.25, -0.2) is 0 Å². The zero-order valence-electron chi connectivity index (χ0n) is 12.5. The van der Waals surface area contributed by atoms with Crippen LogP contribution in [0.3, 0.4) is 0 Å². The van der Waals surface area contributed by atoms with Crippen molar-refractivity contribution in [2.24, 2.45) is 5.73 Å². The molecule has 3 N–H and O–H groups in total. The highest BCUT2D eigenvalue weighted by Crippen LogP contribution is 2.20. The Morgan fingerprint density at radius 1 is 1.32 bits per heavy atom. The molecule has 0 spiro atoms. The first-order valence-electron chi connectivity index (χ1n) is 7.29. The second-order valence-electron chi connectivity index (χ2n) is 5.12. The van der Waals surface area contributed by atoms with E-state index < -0.39 is 0 Å². The van der Waals surface area contributed by atoms with Crippen molar-refractivity contribution in [3.63, 3.8) is 0 Å². The van der Waals surface area contributed by atoms with Gasteiger partial charge in [-0.1, -0.05) is 19.1 Å². The zero-order valence-corrected chi connectivity index (χ0v) is 12.5. The van der Waals surface area contributed by atoms with Crippen LogP contribution in [0, 0.1) is 0 Å². The van der Waals surface area contributed by atoms with E-state index >= 15 is 0 Å². The fraction of sp³-hybridized carbons (Fsp3) is 0.625. The Morgan fingerprint density at radius 2 is 2.11 bits per heavy atom. The molecule has 19 heavy (non-hydrogen) atoms. The highest BCUT2D eigenvalue weighted by Gasteiger charge is 2.02. The second-order valence-corrected chi connectivity index (χ2v) is 5.12. The summed E-state index contributed by atoms with van der Waals surface area (Å²) < 4.78 is 5.34. The number of methoxy groups -OCH3 is 1. The van der Waals surface area contributed by atoms with Crippen LogP contribution in [0.5, 0.6) is 5.75 Å². The molecule has 108 valence electrons. The number of rotatable bonds is 9. The van der Waals surface area contributed by atoms with E-state index in [-0.39, 0.29) is 0 Å². The van der Waals surface area contributed by atoms with Crippen molar-refractivity contribution < 1.29 is 4.74 Å². The maximum absolute atomic E-state index is 5.72. The van der Waals surface area contributed by atoms with E-state index in [0.717, 1.165) is 44.5 Å². The van der Waals surface area contributed by atoms with Gasteiger partial charge in [0.15, 0.2) is 0 Å². The van der Waals surface area contributed by atoms with E-state index in [4.69, 9.17) is 10.5 Å². The SMILES string of the molecule is CCc1cc(CCNCCCC(C)N)ccc1OC. The number of benzene rings is 1. The van der Waals surface area contributed by atoms with Crippen LogP contribution >= 0.6 is 0 Å². The summed E-state index contributed by atoms with van der Waals surface area (Å²) in [5.41, 5.74) is 8.38. The Hall–Kier alpha value is -1.06.